The third kappa shape index (κ3) is 7.95. The summed E-state index contributed by atoms with van der Waals surface area (Å²) in [6, 6.07) is 9.07. The van der Waals surface area contributed by atoms with E-state index in [1.807, 2.05) is 13.8 Å². The van der Waals surface area contributed by atoms with Crippen molar-refractivity contribution in [3.8, 4) is 0 Å². The Morgan fingerprint density at radius 2 is 1.74 bits per heavy atom. The Hall–Kier alpha value is -3.82. The lowest BCUT2D eigenvalue weighted by Gasteiger charge is -2.19. The van der Waals surface area contributed by atoms with Gasteiger partial charge in [0.25, 0.3) is 17.7 Å². The molecule has 0 heterocycles. The van der Waals surface area contributed by atoms with Gasteiger partial charge in [0, 0.05) is 43.4 Å². The minimum absolute atomic E-state index is 0.0598. The molecular formula is C24H27F2N3O5. The molecule has 0 saturated carbocycles. The predicted octanol–water partition coefficient (Wildman–Crippen LogP) is 3.14. The van der Waals surface area contributed by atoms with E-state index in [4.69, 9.17) is 4.74 Å². The summed E-state index contributed by atoms with van der Waals surface area (Å²) in [5.41, 5.74) is 0.527. The van der Waals surface area contributed by atoms with Crippen LogP contribution in [0.3, 0.4) is 0 Å². The lowest BCUT2D eigenvalue weighted by atomic mass is 10.1. The van der Waals surface area contributed by atoms with Crippen molar-refractivity contribution in [1.29, 1.82) is 0 Å². The molecule has 0 aliphatic heterocycles. The minimum Gasteiger partial charge on any atom is -0.456 e. The van der Waals surface area contributed by atoms with Gasteiger partial charge in [0.05, 0.1) is 5.56 Å². The van der Waals surface area contributed by atoms with Crippen molar-refractivity contribution in [3.05, 3.63) is 65.2 Å². The molecule has 182 valence electrons. The molecule has 0 aromatic heterocycles. The first-order valence-electron chi connectivity index (χ1n) is 10.8. The highest BCUT2D eigenvalue weighted by molar-refractivity contribution is 5.97. The fourth-order valence-corrected chi connectivity index (χ4v) is 3.04. The van der Waals surface area contributed by atoms with Crippen LogP contribution in [0.1, 0.15) is 47.4 Å². The number of hydrogen-bond donors (Lipinski definition) is 2. The maximum Gasteiger partial charge on any atom is 0.306 e. The van der Waals surface area contributed by atoms with Gasteiger partial charge in [-0.3, -0.25) is 19.2 Å². The lowest BCUT2D eigenvalue weighted by Crippen LogP contribution is -2.30. The SMILES string of the molecule is CCN(CC)C(=O)c1cccc(NC(=O)COC(=O)CCCNC(=O)c2ccc(F)cc2F)c1. The van der Waals surface area contributed by atoms with Crippen LogP contribution in [-0.2, 0) is 14.3 Å². The fraction of sp³-hybridized carbons (Fsp3) is 0.333. The summed E-state index contributed by atoms with van der Waals surface area (Å²) in [7, 11) is 0. The monoisotopic (exact) mass is 475 g/mol. The molecule has 0 aliphatic rings. The van der Waals surface area contributed by atoms with Crippen LogP contribution in [0.4, 0.5) is 14.5 Å². The van der Waals surface area contributed by atoms with Gasteiger partial charge in [0.1, 0.15) is 11.6 Å². The molecule has 2 rings (SSSR count). The Bertz CT molecular complexity index is 1040. The number of esters is 1. The Morgan fingerprint density at radius 1 is 1.00 bits per heavy atom. The smallest absolute Gasteiger partial charge is 0.306 e. The molecule has 0 saturated heterocycles. The molecule has 3 amide bonds. The maximum absolute atomic E-state index is 13.6. The highest BCUT2D eigenvalue weighted by Crippen LogP contribution is 2.13. The third-order valence-electron chi connectivity index (χ3n) is 4.83. The van der Waals surface area contributed by atoms with Crippen LogP contribution in [0, 0.1) is 11.6 Å². The van der Waals surface area contributed by atoms with Crippen molar-refractivity contribution in [2.24, 2.45) is 0 Å². The Morgan fingerprint density at radius 3 is 2.41 bits per heavy atom. The van der Waals surface area contributed by atoms with Gasteiger partial charge >= 0.3 is 5.97 Å². The number of benzene rings is 2. The summed E-state index contributed by atoms with van der Waals surface area (Å²) in [5.74, 6) is -3.87. The molecule has 0 radical (unpaired) electrons. The van der Waals surface area contributed by atoms with Crippen LogP contribution in [-0.4, -0.2) is 54.8 Å². The number of anilines is 1. The second-order valence-electron chi connectivity index (χ2n) is 7.25. The first kappa shape index (κ1) is 26.4. The number of rotatable bonds is 11. The van der Waals surface area contributed by atoms with Crippen LogP contribution in [0.5, 0.6) is 0 Å². The second kappa shape index (κ2) is 13.0. The van der Waals surface area contributed by atoms with Gasteiger partial charge < -0.3 is 20.3 Å². The van der Waals surface area contributed by atoms with Gasteiger partial charge in [-0.25, -0.2) is 8.78 Å². The number of halogens is 2. The van der Waals surface area contributed by atoms with Crippen LogP contribution in [0.15, 0.2) is 42.5 Å². The number of ether oxygens (including phenoxy) is 1. The van der Waals surface area contributed by atoms with Crippen molar-refractivity contribution < 1.29 is 32.7 Å². The molecule has 2 N–H and O–H groups in total. The molecule has 10 heteroatoms. The van der Waals surface area contributed by atoms with E-state index in [1.165, 1.54) is 0 Å². The lowest BCUT2D eigenvalue weighted by molar-refractivity contribution is -0.147. The van der Waals surface area contributed by atoms with E-state index in [2.05, 4.69) is 10.6 Å². The van der Waals surface area contributed by atoms with Gasteiger partial charge in [-0.2, -0.15) is 0 Å². The van der Waals surface area contributed by atoms with E-state index in [-0.39, 0.29) is 30.9 Å². The fourth-order valence-electron chi connectivity index (χ4n) is 3.04. The van der Waals surface area contributed by atoms with E-state index in [0.29, 0.717) is 30.4 Å². The zero-order chi connectivity index (χ0) is 25.1. The number of amides is 3. The Labute approximate surface area is 196 Å². The average molecular weight is 475 g/mol. The Balaban J connectivity index is 1.72. The molecule has 0 unspecified atom stereocenters. The van der Waals surface area contributed by atoms with E-state index in [1.54, 1.807) is 29.2 Å². The average Bonchev–Trinajstić information content (AvgIpc) is 2.81. The summed E-state index contributed by atoms with van der Waals surface area (Å²) in [6.45, 7) is 4.43. The highest BCUT2D eigenvalue weighted by atomic mass is 19.1. The van der Waals surface area contributed by atoms with Crippen molar-refractivity contribution >= 4 is 29.4 Å². The van der Waals surface area contributed by atoms with Gasteiger partial charge in [-0.15, -0.1) is 0 Å². The first-order valence-corrected chi connectivity index (χ1v) is 10.8. The van der Waals surface area contributed by atoms with Gasteiger partial charge in [-0.1, -0.05) is 6.07 Å². The number of nitrogens with zero attached hydrogens (tertiary/aromatic N) is 1. The number of carbonyl (C=O) groups is 4. The second-order valence-corrected chi connectivity index (χ2v) is 7.25. The summed E-state index contributed by atoms with van der Waals surface area (Å²) >= 11 is 0. The third-order valence-corrected chi connectivity index (χ3v) is 4.83. The zero-order valence-electron chi connectivity index (χ0n) is 19.0. The topological polar surface area (TPSA) is 105 Å². The van der Waals surface area contributed by atoms with Gasteiger partial charge in [-0.05, 0) is 50.6 Å². The largest absolute Gasteiger partial charge is 0.456 e. The van der Waals surface area contributed by atoms with Crippen molar-refractivity contribution in [3.63, 3.8) is 0 Å². The summed E-state index contributed by atoms with van der Waals surface area (Å²) < 4.78 is 31.4. The van der Waals surface area contributed by atoms with Crippen LogP contribution >= 0.6 is 0 Å². The molecule has 8 nitrogen and oxygen atoms in total. The summed E-state index contributed by atoms with van der Waals surface area (Å²) in [4.78, 5) is 49.9. The van der Waals surface area contributed by atoms with Crippen LogP contribution < -0.4 is 10.6 Å². The molecule has 0 spiro atoms. The normalized spacial score (nSPS) is 10.4. The first-order chi connectivity index (χ1) is 16.2. The molecule has 2 aromatic carbocycles. The van der Waals surface area contributed by atoms with Crippen LogP contribution in [0.25, 0.3) is 0 Å². The molecule has 34 heavy (non-hydrogen) atoms. The summed E-state index contributed by atoms with van der Waals surface area (Å²) in [6.07, 6.45) is 0.123. The number of carbonyl (C=O) groups excluding carboxylic acids is 4. The van der Waals surface area contributed by atoms with Crippen molar-refractivity contribution in [2.75, 3.05) is 31.6 Å². The quantitative estimate of drug-likeness (QED) is 0.384. The van der Waals surface area contributed by atoms with E-state index < -0.39 is 36.0 Å². The molecule has 2 aromatic rings. The van der Waals surface area contributed by atoms with Crippen molar-refractivity contribution in [1.82, 2.24) is 10.2 Å². The standard InChI is InChI=1S/C24H27F2N3O5/c1-3-29(4-2)24(33)16-7-5-8-18(13-16)28-21(30)15-34-22(31)9-6-12-27-23(32)19-11-10-17(25)14-20(19)26/h5,7-8,10-11,13-14H,3-4,6,9,12,15H2,1-2H3,(H,27,32)(H,28,30). The molecule has 0 aliphatic carbocycles. The number of nitrogens with one attached hydrogen (secondary N) is 2. The maximum atomic E-state index is 13.6. The molecule has 0 bridgehead atoms. The van der Waals surface area contributed by atoms with E-state index in [9.17, 15) is 28.0 Å². The van der Waals surface area contributed by atoms with Crippen molar-refractivity contribution in [2.45, 2.75) is 26.7 Å². The molecular weight excluding hydrogens is 448 g/mol. The minimum atomic E-state index is -0.981. The van der Waals surface area contributed by atoms with Gasteiger partial charge in [0.2, 0.25) is 0 Å². The van der Waals surface area contributed by atoms with Crippen LogP contribution in [0.2, 0.25) is 0 Å². The molecule has 0 atom stereocenters. The molecule has 0 fully saturated rings. The zero-order valence-corrected chi connectivity index (χ0v) is 19.0. The Kier molecular flexibility index (Phi) is 10.1. The van der Waals surface area contributed by atoms with E-state index in [0.717, 1.165) is 12.1 Å². The summed E-state index contributed by atoms with van der Waals surface area (Å²) in [5, 5.41) is 4.99. The van der Waals surface area contributed by atoms with Gasteiger partial charge in [0.15, 0.2) is 6.61 Å². The highest BCUT2D eigenvalue weighted by Gasteiger charge is 2.15. The van der Waals surface area contributed by atoms with E-state index >= 15 is 0 Å². The number of hydrogen-bond acceptors (Lipinski definition) is 5. The predicted molar refractivity (Wildman–Crippen MR) is 121 cm³/mol.